The molecule has 4 heteroatoms. The van der Waals surface area contributed by atoms with Crippen LogP contribution in [0, 0.1) is 0 Å². The van der Waals surface area contributed by atoms with Gasteiger partial charge in [-0.05, 0) is 17.2 Å². The average Bonchev–Trinajstić information content (AvgIpc) is 2.48. The second-order valence-corrected chi connectivity index (χ2v) is 3.93. The summed E-state index contributed by atoms with van der Waals surface area (Å²) < 4.78 is 0. The van der Waals surface area contributed by atoms with E-state index in [9.17, 15) is 4.79 Å². The fourth-order valence-corrected chi connectivity index (χ4v) is 1.64. The number of hydrazone groups is 1. The highest BCUT2D eigenvalue weighted by Crippen LogP contribution is 2.08. The number of nitrogens with zero attached hydrogens (tertiary/aromatic N) is 1. The van der Waals surface area contributed by atoms with E-state index < -0.39 is 0 Å². The standard InChI is InChI=1S/C15H14N2O2/c18-11-13-8-4-5-9-14(13)15(19)17-16-10-12-6-2-1-3-7-12/h1-10,18H,11H2,(H,17,19). The first kappa shape index (κ1) is 13.0. The average molecular weight is 254 g/mol. The van der Waals surface area contributed by atoms with Gasteiger partial charge in [0.25, 0.3) is 5.91 Å². The second-order valence-electron chi connectivity index (χ2n) is 3.93. The van der Waals surface area contributed by atoms with Gasteiger partial charge in [0.1, 0.15) is 0 Å². The van der Waals surface area contributed by atoms with Crippen LogP contribution < -0.4 is 5.43 Å². The molecule has 2 aromatic rings. The largest absolute Gasteiger partial charge is 0.392 e. The Morgan fingerprint density at radius 2 is 1.79 bits per heavy atom. The molecule has 0 bridgehead atoms. The van der Waals surface area contributed by atoms with E-state index in [1.807, 2.05) is 30.3 Å². The van der Waals surface area contributed by atoms with Crippen LogP contribution in [-0.2, 0) is 6.61 Å². The van der Waals surface area contributed by atoms with E-state index in [2.05, 4.69) is 10.5 Å². The molecule has 0 saturated carbocycles. The van der Waals surface area contributed by atoms with Gasteiger partial charge in [0.2, 0.25) is 0 Å². The third-order valence-corrected chi connectivity index (χ3v) is 2.61. The van der Waals surface area contributed by atoms with Crippen molar-refractivity contribution in [1.82, 2.24) is 5.43 Å². The summed E-state index contributed by atoms with van der Waals surface area (Å²) in [4.78, 5) is 11.9. The lowest BCUT2D eigenvalue weighted by Crippen LogP contribution is -2.19. The monoisotopic (exact) mass is 254 g/mol. The molecule has 0 atom stereocenters. The Labute approximate surface area is 111 Å². The molecule has 0 saturated heterocycles. The van der Waals surface area contributed by atoms with Crippen LogP contribution in [0.2, 0.25) is 0 Å². The molecule has 0 aromatic heterocycles. The van der Waals surface area contributed by atoms with Gasteiger partial charge < -0.3 is 5.11 Å². The zero-order chi connectivity index (χ0) is 13.5. The molecule has 0 aliphatic heterocycles. The maximum absolute atomic E-state index is 11.9. The first-order chi connectivity index (χ1) is 9.31. The Morgan fingerprint density at radius 1 is 1.11 bits per heavy atom. The van der Waals surface area contributed by atoms with Crippen LogP contribution in [-0.4, -0.2) is 17.2 Å². The van der Waals surface area contributed by atoms with E-state index in [1.54, 1.807) is 30.5 Å². The molecule has 2 rings (SSSR count). The molecule has 2 N–H and O–H groups in total. The van der Waals surface area contributed by atoms with Gasteiger partial charge >= 0.3 is 0 Å². The summed E-state index contributed by atoms with van der Waals surface area (Å²) >= 11 is 0. The minimum absolute atomic E-state index is 0.175. The van der Waals surface area contributed by atoms with Crippen LogP contribution in [0.3, 0.4) is 0 Å². The number of rotatable bonds is 4. The minimum atomic E-state index is -0.336. The van der Waals surface area contributed by atoms with Crippen molar-refractivity contribution in [2.24, 2.45) is 5.10 Å². The highest BCUT2D eigenvalue weighted by molar-refractivity contribution is 5.96. The number of benzene rings is 2. The van der Waals surface area contributed by atoms with Crippen LogP contribution in [0.5, 0.6) is 0 Å². The Balaban J connectivity index is 2.04. The van der Waals surface area contributed by atoms with Crippen molar-refractivity contribution in [3.05, 3.63) is 71.3 Å². The fourth-order valence-electron chi connectivity index (χ4n) is 1.64. The van der Waals surface area contributed by atoms with E-state index >= 15 is 0 Å². The Morgan fingerprint density at radius 3 is 2.53 bits per heavy atom. The maximum Gasteiger partial charge on any atom is 0.271 e. The molecule has 0 unspecified atom stereocenters. The van der Waals surface area contributed by atoms with E-state index in [1.165, 1.54) is 0 Å². The molecule has 0 aliphatic rings. The molecule has 96 valence electrons. The summed E-state index contributed by atoms with van der Waals surface area (Å²) in [6.07, 6.45) is 1.57. The normalized spacial score (nSPS) is 10.6. The number of amides is 1. The highest BCUT2D eigenvalue weighted by atomic mass is 16.3. The fraction of sp³-hybridized carbons (Fsp3) is 0.0667. The van der Waals surface area contributed by atoms with Crippen molar-refractivity contribution < 1.29 is 9.90 Å². The lowest BCUT2D eigenvalue weighted by molar-refractivity contribution is 0.0952. The third kappa shape index (κ3) is 3.50. The first-order valence-electron chi connectivity index (χ1n) is 5.88. The lowest BCUT2D eigenvalue weighted by Gasteiger charge is -2.04. The first-order valence-corrected chi connectivity index (χ1v) is 5.88. The Hall–Kier alpha value is -2.46. The molecule has 0 radical (unpaired) electrons. The highest BCUT2D eigenvalue weighted by Gasteiger charge is 2.08. The van der Waals surface area contributed by atoms with Gasteiger partial charge in [0, 0.05) is 5.56 Å². The maximum atomic E-state index is 11.9. The molecule has 0 heterocycles. The number of aliphatic hydroxyl groups is 1. The van der Waals surface area contributed by atoms with E-state index in [4.69, 9.17) is 5.11 Å². The predicted molar refractivity (Wildman–Crippen MR) is 73.9 cm³/mol. The molecule has 1 amide bonds. The van der Waals surface area contributed by atoms with Gasteiger partial charge in [-0.25, -0.2) is 5.43 Å². The number of aliphatic hydroxyl groups excluding tert-OH is 1. The van der Waals surface area contributed by atoms with Gasteiger partial charge in [-0.2, -0.15) is 5.10 Å². The van der Waals surface area contributed by atoms with E-state index in [-0.39, 0.29) is 12.5 Å². The van der Waals surface area contributed by atoms with E-state index in [0.29, 0.717) is 11.1 Å². The smallest absolute Gasteiger partial charge is 0.271 e. The van der Waals surface area contributed by atoms with Gasteiger partial charge in [-0.15, -0.1) is 0 Å². The summed E-state index contributed by atoms with van der Waals surface area (Å²) in [5.41, 5.74) is 4.35. The van der Waals surface area contributed by atoms with Crippen molar-refractivity contribution in [1.29, 1.82) is 0 Å². The topological polar surface area (TPSA) is 61.7 Å². The Kier molecular flexibility index (Phi) is 4.42. The van der Waals surface area contributed by atoms with Gasteiger partial charge in [-0.3, -0.25) is 4.79 Å². The van der Waals surface area contributed by atoms with Crippen molar-refractivity contribution in [2.75, 3.05) is 0 Å². The molecule has 0 spiro atoms. The summed E-state index contributed by atoms with van der Waals surface area (Å²) in [5, 5.41) is 13.0. The third-order valence-electron chi connectivity index (χ3n) is 2.61. The molecule has 19 heavy (non-hydrogen) atoms. The summed E-state index contributed by atoms with van der Waals surface area (Å²) in [7, 11) is 0. The SMILES string of the molecule is O=C(NN=Cc1ccccc1)c1ccccc1CO. The van der Waals surface area contributed by atoms with Gasteiger partial charge in [0.05, 0.1) is 12.8 Å². The summed E-state index contributed by atoms with van der Waals surface area (Å²) in [6, 6.07) is 16.3. The van der Waals surface area contributed by atoms with Crippen LogP contribution >= 0.6 is 0 Å². The van der Waals surface area contributed by atoms with Crippen molar-refractivity contribution in [3.8, 4) is 0 Å². The summed E-state index contributed by atoms with van der Waals surface area (Å²) in [5.74, 6) is -0.336. The van der Waals surface area contributed by atoms with E-state index in [0.717, 1.165) is 5.56 Å². The van der Waals surface area contributed by atoms with Crippen molar-refractivity contribution in [2.45, 2.75) is 6.61 Å². The number of carbonyl (C=O) groups is 1. The molecular formula is C15H14N2O2. The molecule has 2 aromatic carbocycles. The molecule has 4 nitrogen and oxygen atoms in total. The van der Waals surface area contributed by atoms with Crippen LogP contribution in [0.4, 0.5) is 0 Å². The van der Waals surface area contributed by atoms with Crippen LogP contribution in [0.25, 0.3) is 0 Å². The molecule has 0 aliphatic carbocycles. The van der Waals surface area contributed by atoms with Crippen molar-refractivity contribution >= 4 is 12.1 Å². The number of carbonyl (C=O) groups excluding carboxylic acids is 1. The zero-order valence-corrected chi connectivity index (χ0v) is 10.3. The zero-order valence-electron chi connectivity index (χ0n) is 10.3. The summed E-state index contributed by atoms with van der Waals surface area (Å²) in [6.45, 7) is -0.175. The number of hydrogen-bond acceptors (Lipinski definition) is 3. The Bertz CT molecular complexity index is 580. The van der Waals surface area contributed by atoms with Crippen molar-refractivity contribution in [3.63, 3.8) is 0 Å². The number of hydrogen-bond donors (Lipinski definition) is 2. The molecule has 0 fully saturated rings. The minimum Gasteiger partial charge on any atom is -0.392 e. The lowest BCUT2D eigenvalue weighted by atomic mass is 10.1. The van der Waals surface area contributed by atoms with Gasteiger partial charge in [-0.1, -0.05) is 48.5 Å². The van der Waals surface area contributed by atoms with Gasteiger partial charge in [0.15, 0.2) is 0 Å². The van der Waals surface area contributed by atoms with Crippen LogP contribution in [0.1, 0.15) is 21.5 Å². The molecular weight excluding hydrogens is 240 g/mol. The number of nitrogens with one attached hydrogen (secondary N) is 1. The quantitative estimate of drug-likeness (QED) is 0.647. The van der Waals surface area contributed by atoms with Crippen LogP contribution in [0.15, 0.2) is 59.7 Å². The second kappa shape index (κ2) is 6.47. The predicted octanol–water partition coefficient (Wildman–Crippen LogP) is 1.94.